The Labute approximate surface area is 118 Å². The van der Waals surface area contributed by atoms with E-state index >= 15 is 0 Å². The summed E-state index contributed by atoms with van der Waals surface area (Å²) in [5.41, 5.74) is 11.6. The Bertz CT molecular complexity index is 400. The van der Waals surface area contributed by atoms with Gasteiger partial charge in [0.15, 0.2) is 11.5 Å². The van der Waals surface area contributed by atoms with E-state index in [-0.39, 0.29) is 48.3 Å². The molecule has 1 aromatic rings. The number of carbonyl (C=O) groups excluding carboxylic acids is 1. The number of hydrogen-bond donors (Lipinski definition) is 3. The molecule has 1 aliphatic carbocycles. The highest BCUT2D eigenvalue weighted by atomic mass is 35.5. The number of amides is 1. The minimum Gasteiger partial charge on any atom is -0.382 e. The minimum atomic E-state index is -0.318. The lowest BCUT2D eigenvalue weighted by Gasteiger charge is -2.11. The van der Waals surface area contributed by atoms with Crippen LogP contribution in [0.1, 0.15) is 23.3 Å². The summed E-state index contributed by atoms with van der Waals surface area (Å²) >= 11 is 0. The fraction of sp³-hybridized carbons (Fsp3) is 0.500. The molecule has 6 nitrogen and oxygen atoms in total. The number of carbonyl (C=O) groups is 1. The van der Waals surface area contributed by atoms with Crippen LogP contribution in [0.15, 0.2) is 12.4 Å². The molecule has 0 aliphatic heterocycles. The van der Waals surface area contributed by atoms with Gasteiger partial charge in [-0.15, -0.1) is 24.8 Å². The van der Waals surface area contributed by atoms with Gasteiger partial charge in [-0.1, -0.05) is 0 Å². The number of nitrogens with one attached hydrogen (secondary N) is 1. The van der Waals surface area contributed by atoms with Gasteiger partial charge in [-0.3, -0.25) is 4.79 Å². The Morgan fingerprint density at radius 1 is 1.39 bits per heavy atom. The molecule has 1 aliphatic rings. The molecule has 1 amide bonds. The van der Waals surface area contributed by atoms with E-state index in [2.05, 4.69) is 15.3 Å². The fourth-order valence-corrected chi connectivity index (χ4v) is 1.51. The van der Waals surface area contributed by atoms with Crippen LogP contribution in [-0.4, -0.2) is 28.5 Å². The van der Waals surface area contributed by atoms with Gasteiger partial charge in [0, 0.05) is 25.0 Å². The summed E-state index contributed by atoms with van der Waals surface area (Å²) in [6.07, 6.45) is 5.20. The summed E-state index contributed by atoms with van der Waals surface area (Å²) < 4.78 is 0. The lowest BCUT2D eigenvalue weighted by atomic mass is 10.2. The van der Waals surface area contributed by atoms with Crippen molar-refractivity contribution in [2.75, 3.05) is 12.3 Å². The van der Waals surface area contributed by atoms with Gasteiger partial charge >= 0.3 is 0 Å². The van der Waals surface area contributed by atoms with Crippen LogP contribution in [0.2, 0.25) is 0 Å². The van der Waals surface area contributed by atoms with Gasteiger partial charge in [-0.2, -0.15) is 0 Å². The van der Waals surface area contributed by atoms with Gasteiger partial charge in [0.2, 0.25) is 0 Å². The molecule has 0 saturated heterocycles. The summed E-state index contributed by atoms with van der Waals surface area (Å²) in [6, 6.07) is 0.0295. The number of rotatable bonds is 4. The van der Waals surface area contributed by atoms with Crippen LogP contribution < -0.4 is 16.8 Å². The smallest absolute Gasteiger partial charge is 0.273 e. The molecule has 1 aromatic heterocycles. The highest BCUT2D eigenvalue weighted by Crippen LogP contribution is 2.31. The van der Waals surface area contributed by atoms with Crippen molar-refractivity contribution in [2.24, 2.45) is 11.7 Å². The van der Waals surface area contributed by atoms with E-state index in [1.54, 1.807) is 0 Å². The molecule has 1 unspecified atom stereocenters. The quantitative estimate of drug-likeness (QED) is 0.743. The van der Waals surface area contributed by atoms with Crippen molar-refractivity contribution in [3.05, 3.63) is 18.1 Å². The Hall–Kier alpha value is -1.11. The zero-order valence-electron chi connectivity index (χ0n) is 9.70. The second-order valence-corrected chi connectivity index (χ2v) is 4.00. The van der Waals surface area contributed by atoms with E-state index in [1.807, 2.05) is 0 Å². The molecule has 0 bridgehead atoms. The largest absolute Gasteiger partial charge is 0.382 e. The number of nitrogen functional groups attached to an aromatic ring is 1. The molecule has 102 valence electrons. The van der Waals surface area contributed by atoms with E-state index in [4.69, 9.17) is 11.5 Å². The molecule has 18 heavy (non-hydrogen) atoms. The van der Waals surface area contributed by atoms with Crippen LogP contribution in [-0.2, 0) is 0 Å². The van der Waals surface area contributed by atoms with Crippen LogP contribution in [0.5, 0.6) is 0 Å². The predicted octanol–water partition coefficient (Wildman–Crippen LogP) is 0.369. The normalized spacial score (nSPS) is 14.9. The third-order valence-corrected chi connectivity index (χ3v) is 2.67. The van der Waals surface area contributed by atoms with Crippen molar-refractivity contribution in [3.8, 4) is 0 Å². The Kier molecular flexibility index (Phi) is 6.90. The van der Waals surface area contributed by atoms with Gasteiger partial charge < -0.3 is 16.8 Å². The van der Waals surface area contributed by atoms with Crippen molar-refractivity contribution in [2.45, 2.75) is 18.9 Å². The van der Waals surface area contributed by atoms with Crippen molar-refractivity contribution in [3.63, 3.8) is 0 Å². The number of aromatic nitrogens is 2. The van der Waals surface area contributed by atoms with E-state index in [0.717, 1.165) is 12.8 Å². The molecule has 8 heteroatoms. The van der Waals surface area contributed by atoms with Gasteiger partial charge in [0.25, 0.3) is 5.91 Å². The molecular formula is C10H17Cl2N5O. The number of hydrogen-bond acceptors (Lipinski definition) is 5. The Balaban J connectivity index is 0.00000144. The number of nitrogens with two attached hydrogens (primary N) is 2. The summed E-state index contributed by atoms with van der Waals surface area (Å²) in [4.78, 5) is 19.3. The molecular weight excluding hydrogens is 277 g/mol. The maximum Gasteiger partial charge on any atom is 0.273 e. The highest BCUT2D eigenvalue weighted by molar-refractivity contribution is 5.96. The molecule has 0 spiro atoms. The number of halogens is 2. The monoisotopic (exact) mass is 293 g/mol. The van der Waals surface area contributed by atoms with E-state index in [1.165, 1.54) is 12.4 Å². The average Bonchev–Trinajstić information content (AvgIpc) is 3.10. The van der Waals surface area contributed by atoms with E-state index in [0.29, 0.717) is 12.5 Å². The third-order valence-electron chi connectivity index (χ3n) is 2.67. The van der Waals surface area contributed by atoms with Crippen molar-refractivity contribution in [1.29, 1.82) is 0 Å². The zero-order valence-corrected chi connectivity index (χ0v) is 11.3. The van der Waals surface area contributed by atoms with Crippen molar-refractivity contribution in [1.82, 2.24) is 15.3 Å². The maximum absolute atomic E-state index is 11.7. The number of nitrogens with zero attached hydrogens (tertiary/aromatic N) is 2. The van der Waals surface area contributed by atoms with Crippen LogP contribution in [0, 0.1) is 5.92 Å². The van der Waals surface area contributed by atoms with Crippen molar-refractivity contribution >= 4 is 36.5 Å². The van der Waals surface area contributed by atoms with Crippen LogP contribution >= 0.6 is 24.8 Å². The summed E-state index contributed by atoms with van der Waals surface area (Å²) in [7, 11) is 0. The lowest BCUT2D eigenvalue weighted by Crippen LogP contribution is -2.39. The van der Waals surface area contributed by atoms with Gasteiger partial charge in [0.05, 0.1) is 0 Å². The van der Waals surface area contributed by atoms with Crippen LogP contribution in [0.4, 0.5) is 5.82 Å². The molecule has 2 rings (SSSR count). The summed E-state index contributed by atoms with van der Waals surface area (Å²) in [6.45, 7) is 0.458. The zero-order chi connectivity index (χ0) is 11.5. The third kappa shape index (κ3) is 4.29. The lowest BCUT2D eigenvalue weighted by molar-refractivity contribution is 0.0946. The number of anilines is 1. The summed E-state index contributed by atoms with van der Waals surface area (Å²) in [5, 5.41) is 2.71. The molecule has 1 heterocycles. The second kappa shape index (κ2) is 7.35. The molecule has 1 saturated carbocycles. The predicted molar refractivity (Wildman–Crippen MR) is 74.0 cm³/mol. The Morgan fingerprint density at radius 3 is 2.56 bits per heavy atom. The maximum atomic E-state index is 11.7. The summed E-state index contributed by atoms with van der Waals surface area (Å²) in [5.74, 6) is 0.376. The first kappa shape index (κ1) is 16.9. The average molecular weight is 294 g/mol. The highest BCUT2D eigenvalue weighted by Gasteiger charge is 2.28. The van der Waals surface area contributed by atoms with Crippen LogP contribution in [0.25, 0.3) is 0 Å². The molecule has 1 atom stereocenters. The first-order chi connectivity index (χ1) is 7.68. The van der Waals surface area contributed by atoms with Gasteiger partial charge in [-0.25, -0.2) is 9.97 Å². The van der Waals surface area contributed by atoms with Crippen LogP contribution in [0.3, 0.4) is 0 Å². The molecule has 0 aromatic carbocycles. The molecule has 1 fully saturated rings. The topological polar surface area (TPSA) is 107 Å². The van der Waals surface area contributed by atoms with E-state index < -0.39 is 0 Å². The standard InChI is InChI=1S/C10H15N5O.2ClH/c11-7(6-1-2-6)5-15-10(16)8-9(12)14-4-3-13-8;;/h3-4,6-7H,1-2,5,11H2,(H2,12,14)(H,15,16);2*1H. The molecule has 0 radical (unpaired) electrons. The first-order valence-electron chi connectivity index (χ1n) is 5.28. The van der Waals surface area contributed by atoms with Gasteiger partial charge in [-0.05, 0) is 18.8 Å². The Morgan fingerprint density at radius 2 is 2.00 bits per heavy atom. The van der Waals surface area contributed by atoms with Gasteiger partial charge in [0.1, 0.15) is 0 Å². The van der Waals surface area contributed by atoms with Crippen molar-refractivity contribution < 1.29 is 4.79 Å². The van der Waals surface area contributed by atoms with E-state index in [9.17, 15) is 4.79 Å². The second-order valence-electron chi connectivity index (χ2n) is 4.00. The first-order valence-corrected chi connectivity index (χ1v) is 5.28. The minimum absolute atomic E-state index is 0. The SMILES string of the molecule is Cl.Cl.Nc1nccnc1C(=O)NCC(N)C1CC1. The molecule has 5 N–H and O–H groups in total. The fourth-order valence-electron chi connectivity index (χ4n) is 1.51.